The van der Waals surface area contributed by atoms with E-state index in [9.17, 15) is 15.3 Å². The zero-order valence-corrected chi connectivity index (χ0v) is 19.1. The molecule has 0 radical (unpaired) electrons. The minimum absolute atomic E-state index is 0.193. The van der Waals surface area contributed by atoms with E-state index < -0.39 is 12.2 Å². The zero-order chi connectivity index (χ0) is 23.8. The molecule has 0 bridgehead atoms. The summed E-state index contributed by atoms with van der Waals surface area (Å²) in [6.07, 6.45) is -1.20. The second-order valence-electron chi connectivity index (χ2n) is 8.79. The predicted octanol–water partition coefficient (Wildman–Crippen LogP) is 3.78. The maximum Gasteiger partial charge on any atom is 0.128 e. The van der Waals surface area contributed by atoms with Gasteiger partial charge in [0.25, 0.3) is 0 Å². The van der Waals surface area contributed by atoms with Crippen molar-refractivity contribution in [3.05, 3.63) is 76.9 Å². The maximum atomic E-state index is 11.4. The molecule has 0 spiro atoms. The fourth-order valence-electron chi connectivity index (χ4n) is 4.96. The lowest BCUT2D eigenvalue weighted by Crippen LogP contribution is -2.40. The normalized spacial score (nSPS) is 23.2. The number of benzene rings is 3. The zero-order valence-electron chi connectivity index (χ0n) is 19.1. The lowest BCUT2D eigenvalue weighted by molar-refractivity contribution is -0.0554. The summed E-state index contributed by atoms with van der Waals surface area (Å²) in [5.41, 5.74) is 3.03. The van der Waals surface area contributed by atoms with Gasteiger partial charge in [0.05, 0.1) is 39.6 Å². The number of ether oxygens (including phenoxy) is 4. The molecule has 2 heterocycles. The van der Waals surface area contributed by atoms with E-state index in [2.05, 4.69) is 0 Å². The van der Waals surface area contributed by atoms with Crippen LogP contribution in [0, 0.1) is 11.8 Å². The molecule has 0 amide bonds. The van der Waals surface area contributed by atoms with Crippen molar-refractivity contribution >= 4 is 0 Å². The first kappa shape index (κ1) is 22.4. The average molecular weight is 465 g/mol. The Morgan fingerprint density at radius 1 is 0.824 bits per heavy atom. The number of methoxy groups -OCH3 is 2. The second kappa shape index (κ2) is 9.08. The number of hydrogen-bond acceptors (Lipinski definition) is 7. The molecular formula is C27H28O7. The number of phenols is 1. The molecule has 7 nitrogen and oxygen atoms in total. The van der Waals surface area contributed by atoms with Crippen LogP contribution in [0.15, 0.2) is 54.6 Å². The number of rotatable bonds is 5. The minimum Gasteiger partial charge on any atom is -0.508 e. The van der Waals surface area contributed by atoms with E-state index >= 15 is 0 Å². The van der Waals surface area contributed by atoms with Crippen molar-refractivity contribution in [1.29, 1.82) is 0 Å². The number of hydrogen-bond donors (Lipinski definition) is 3. The highest BCUT2D eigenvalue weighted by Gasteiger charge is 2.43. The predicted molar refractivity (Wildman–Crippen MR) is 125 cm³/mol. The smallest absolute Gasteiger partial charge is 0.128 e. The first-order chi connectivity index (χ1) is 16.5. The number of aromatic hydroxyl groups is 1. The van der Waals surface area contributed by atoms with Gasteiger partial charge >= 0.3 is 0 Å². The van der Waals surface area contributed by atoms with Crippen LogP contribution in [0.3, 0.4) is 0 Å². The van der Waals surface area contributed by atoms with E-state index in [1.165, 1.54) is 0 Å². The lowest BCUT2D eigenvalue weighted by Gasteiger charge is -2.40. The summed E-state index contributed by atoms with van der Waals surface area (Å²) in [5.74, 6) is 1.90. The molecule has 3 aromatic carbocycles. The van der Waals surface area contributed by atoms with E-state index in [-0.39, 0.29) is 30.8 Å². The van der Waals surface area contributed by atoms with Crippen molar-refractivity contribution in [2.75, 3.05) is 27.4 Å². The fraction of sp³-hybridized carbons (Fsp3) is 0.333. The summed E-state index contributed by atoms with van der Waals surface area (Å²) in [6.45, 7) is 0.499. The van der Waals surface area contributed by atoms with E-state index in [1.807, 2.05) is 12.1 Å². The molecule has 5 rings (SSSR count). The molecule has 178 valence electrons. The Hall–Kier alpha value is -3.42. The van der Waals surface area contributed by atoms with Gasteiger partial charge in [-0.1, -0.05) is 12.1 Å². The summed E-state index contributed by atoms with van der Waals surface area (Å²) in [7, 11) is 3.16. The van der Waals surface area contributed by atoms with Crippen LogP contribution < -0.4 is 18.9 Å². The van der Waals surface area contributed by atoms with Crippen molar-refractivity contribution in [1.82, 2.24) is 0 Å². The van der Waals surface area contributed by atoms with E-state index in [0.717, 1.165) is 11.1 Å². The Kier molecular flexibility index (Phi) is 5.98. The SMILES string of the molecule is COc1cc(Cc2cccc(O)c2)c2c(c1)[C@@H](O)[C@@H]([C@@H]1COc3ccc(OC)cc3[C@@H]1O)CO2. The molecule has 7 heteroatoms. The summed E-state index contributed by atoms with van der Waals surface area (Å²) >= 11 is 0. The van der Waals surface area contributed by atoms with Crippen molar-refractivity contribution in [2.24, 2.45) is 11.8 Å². The van der Waals surface area contributed by atoms with Gasteiger partial charge in [0.15, 0.2) is 0 Å². The Balaban J connectivity index is 1.46. The van der Waals surface area contributed by atoms with Crippen LogP contribution in [-0.4, -0.2) is 42.8 Å². The molecule has 0 unspecified atom stereocenters. The summed E-state index contributed by atoms with van der Waals surface area (Å²) in [4.78, 5) is 0. The Bertz CT molecular complexity index is 1190. The van der Waals surface area contributed by atoms with Gasteiger partial charge in [0.1, 0.15) is 28.7 Å². The molecule has 4 atom stereocenters. The molecule has 3 aromatic rings. The Morgan fingerprint density at radius 3 is 2.26 bits per heavy atom. The van der Waals surface area contributed by atoms with Gasteiger partial charge < -0.3 is 34.3 Å². The number of fused-ring (bicyclic) bond motifs is 2. The van der Waals surface area contributed by atoms with Crippen LogP contribution in [0.4, 0.5) is 0 Å². The second-order valence-corrected chi connectivity index (χ2v) is 8.79. The first-order valence-corrected chi connectivity index (χ1v) is 11.3. The van der Waals surface area contributed by atoms with Gasteiger partial charge in [0, 0.05) is 34.9 Å². The molecule has 0 aliphatic carbocycles. The Labute approximate surface area is 198 Å². The monoisotopic (exact) mass is 464 g/mol. The summed E-state index contributed by atoms with van der Waals surface area (Å²) < 4.78 is 22.9. The van der Waals surface area contributed by atoms with Crippen LogP contribution in [0.25, 0.3) is 0 Å². The van der Waals surface area contributed by atoms with Gasteiger partial charge in [-0.25, -0.2) is 0 Å². The topological polar surface area (TPSA) is 97.6 Å². The molecule has 0 fully saturated rings. The first-order valence-electron chi connectivity index (χ1n) is 11.3. The van der Waals surface area contributed by atoms with E-state index in [4.69, 9.17) is 18.9 Å². The van der Waals surface area contributed by atoms with Crippen LogP contribution in [-0.2, 0) is 6.42 Å². The molecule has 2 aliphatic rings. The van der Waals surface area contributed by atoms with Crippen LogP contribution >= 0.6 is 0 Å². The maximum absolute atomic E-state index is 11.4. The molecule has 2 aliphatic heterocycles. The van der Waals surface area contributed by atoms with Crippen LogP contribution in [0.2, 0.25) is 0 Å². The van der Waals surface area contributed by atoms with E-state index in [0.29, 0.717) is 40.5 Å². The van der Waals surface area contributed by atoms with Gasteiger partial charge in [-0.15, -0.1) is 0 Å². The summed E-state index contributed by atoms with van der Waals surface area (Å²) in [6, 6.07) is 16.1. The standard InChI is InChI=1S/C27H28O7/c1-31-18-6-7-24-20(11-18)25(29)22(13-33-24)23-14-34-27-16(8-15-4-3-5-17(28)9-15)10-19(32-2)12-21(27)26(23)30/h3-7,9-12,22-23,25-26,28-30H,8,13-14H2,1-2H3/t22-,23+,25-,26+/m0/s1. The van der Waals surface area contributed by atoms with Gasteiger partial charge in [0.2, 0.25) is 0 Å². The highest BCUT2D eigenvalue weighted by atomic mass is 16.5. The highest BCUT2D eigenvalue weighted by molar-refractivity contribution is 5.52. The fourth-order valence-corrected chi connectivity index (χ4v) is 4.96. The van der Waals surface area contributed by atoms with Crippen LogP contribution in [0.5, 0.6) is 28.7 Å². The largest absolute Gasteiger partial charge is 0.508 e. The third-order valence-corrected chi connectivity index (χ3v) is 6.78. The van der Waals surface area contributed by atoms with Crippen LogP contribution in [0.1, 0.15) is 34.5 Å². The molecular weight excluding hydrogens is 436 g/mol. The Morgan fingerprint density at radius 2 is 1.53 bits per heavy atom. The number of aliphatic hydroxyl groups is 2. The van der Waals surface area contributed by atoms with Crippen molar-refractivity contribution in [2.45, 2.75) is 18.6 Å². The number of aliphatic hydroxyl groups excluding tert-OH is 2. The highest BCUT2D eigenvalue weighted by Crippen LogP contribution is 2.48. The van der Waals surface area contributed by atoms with Crippen molar-refractivity contribution in [3.8, 4) is 28.7 Å². The molecule has 0 saturated heterocycles. The van der Waals surface area contributed by atoms with Crippen molar-refractivity contribution < 1.29 is 34.3 Å². The minimum atomic E-state index is -0.878. The molecule has 3 N–H and O–H groups in total. The third kappa shape index (κ3) is 4.02. The lowest BCUT2D eigenvalue weighted by atomic mass is 9.77. The van der Waals surface area contributed by atoms with Gasteiger partial charge in [-0.2, -0.15) is 0 Å². The number of phenolic OH excluding ortho intramolecular Hbond substituents is 1. The van der Waals surface area contributed by atoms with Gasteiger partial charge in [-0.3, -0.25) is 0 Å². The summed E-state index contributed by atoms with van der Waals surface area (Å²) in [5, 5.41) is 32.5. The van der Waals surface area contributed by atoms with Gasteiger partial charge in [-0.05, 0) is 48.0 Å². The third-order valence-electron chi connectivity index (χ3n) is 6.78. The molecule has 34 heavy (non-hydrogen) atoms. The molecule has 0 saturated carbocycles. The van der Waals surface area contributed by atoms with Crippen molar-refractivity contribution in [3.63, 3.8) is 0 Å². The average Bonchev–Trinajstić information content (AvgIpc) is 2.85. The van der Waals surface area contributed by atoms with E-state index in [1.54, 1.807) is 56.7 Å². The quantitative estimate of drug-likeness (QED) is 0.529. The molecule has 0 aromatic heterocycles.